The summed E-state index contributed by atoms with van der Waals surface area (Å²) < 4.78 is 48.7. The molecule has 0 radical (unpaired) electrons. The summed E-state index contributed by atoms with van der Waals surface area (Å²) in [5.74, 6) is -0.450. The van der Waals surface area contributed by atoms with Crippen molar-refractivity contribution in [3.8, 4) is 0 Å². The number of ether oxygens (including phenoxy) is 1. The summed E-state index contributed by atoms with van der Waals surface area (Å²) in [5, 5.41) is 4.39. The highest BCUT2D eigenvalue weighted by molar-refractivity contribution is 7.89. The second-order valence-electron chi connectivity index (χ2n) is 6.32. The summed E-state index contributed by atoms with van der Waals surface area (Å²) >= 11 is 0. The van der Waals surface area contributed by atoms with Gasteiger partial charge in [-0.15, -0.1) is 0 Å². The van der Waals surface area contributed by atoms with E-state index in [1.54, 1.807) is 11.6 Å². The van der Waals surface area contributed by atoms with Crippen LogP contribution < -0.4 is 0 Å². The van der Waals surface area contributed by atoms with Gasteiger partial charge in [0.2, 0.25) is 10.0 Å². The minimum Gasteiger partial charge on any atom is -0.378 e. The molecule has 1 aromatic carbocycles. The Labute approximate surface area is 147 Å². The molecule has 1 unspecified atom stereocenters. The van der Waals surface area contributed by atoms with Crippen LogP contribution in [0.5, 0.6) is 0 Å². The van der Waals surface area contributed by atoms with Crippen LogP contribution in [0.3, 0.4) is 0 Å². The van der Waals surface area contributed by atoms with Gasteiger partial charge in [-0.3, -0.25) is 4.68 Å². The standard InChI is InChI=1S/C17H22FN3O3S/c1-11-9-14(18)5-6-16(11)25(22,23)21-7-8-24-10-15(21)17-12(2)19-20(4)13(17)3/h5-6,9,15H,7-8,10H2,1-4H3. The molecule has 25 heavy (non-hydrogen) atoms. The Hall–Kier alpha value is -1.77. The maximum absolute atomic E-state index is 13.4. The first-order chi connectivity index (χ1) is 11.7. The van der Waals surface area contributed by atoms with E-state index in [1.165, 1.54) is 22.5 Å². The molecule has 0 spiro atoms. The van der Waals surface area contributed by atoms with Crippen LogP contribution >= 0.6 is 0 Å². The molecule has 1 aliphatic heterocycles. The Morgan fingerprint density at radius 2 is 2.00 bits per heavy atom. The Morgan fingerprint density at radius 1 is 1.28 bits per heavy atom. The topological polar surface area (TPSA) is 64.4 Å². The number of sulfonamides is 1. The fourth-order valence-corrected chi connectivity index (χ4v) is 5.18. The van der Waals surface area contributed by atoms with Crippen molar-refractivity contribution in [1.82, 2.24) is 14.1 Å². The summed E-state index contributed by atoms with van der Waals surface area (Å²) in [7, 11) is -1.95. The lowest BCUT2D eigenvalue weighted by molar-refractivity contribution is 0.0316. The van der Waals surface area contributed by atoms with Gasteiger partial charge in [-0.05, 0) is 44.5 Å². The Morgan fingerprint density at radius 3 is 2.60 bits per heavy atom. The molecule has 1 saturated heterocycles. The maximum Gasteiger partial charge on any atom is 0.244 e. The van der Waals surface area contributed by atoms with Crippen LogP contribution in [0.15, 0.2) is 23.1 Å². The highest BCUT2D eigenvalue weighted by Crippen LogP contribution is 2.34. The van der Waals surface area contributed by atoms with E-state index in [1.807, 2.05) is 20.9 Å². The fourth-order valence-electron chi connectivity index (χ4n) is 3.40. The number of nitrogens with zero attached hydrogens (tertiary/aromatic N) is 3. The average Bonchev–Trinajstić information content (AvgIpc) is 2.79. The lowest BCUT2D eigenvalue weighted by atomic mass is 10.0. The van der Waals surface area contributed by atoms with E-state index in [0.717, 1.165) is 17.0 Å². The molecular weight excluding hydrogens is 345 g/mol. The van der Waals surface area contributed by atoms with E-state index in [0.29, 0.717) is 12.2 Å². The number of morpholine rings is 1. The quantitative estimate of drug-likeness (QED) is 0.835. The Kier molecular flexibility index (Phi) is 4.70. The van der Waals surface area contributed by atoms with Crippen LogP contribution in [0.4, 0.5) is 4.39 Å². The Balaban J connectivity index is 2.09. The third-order valence-electron chi connectivity index (χ3n) is 4.70. The molecular formula is C17H22FN3O3S. The first kappa shape index (κ1) is 18.0. The lowest BCUT2D eigenvalue weighted by Crippen LogP contribution is -2.43. The van der Waals surface area contributed by atoms with Gasteiger partial charge in [0, 0.05) is 24.8 Å². The van der Waals surface area contributed by atoms with Crippen LogP contribution in [-0.2, 0) is 21.8 Å². The highest BCUT2D eigenvalue weighted by atomic mass is 32.2. The summed E-state index contributed by atoms with van der Waals surface area (Å²) in [6.45, 7) is 6.23. The first-order valence-electron chi connectivity index (χ1n) is 8.09. The van der Waals surface area contributed by atoms with E-state index in [9.17, 15) is 12.8 Å². The number of benzene rings is 1. The third kappa shape index (κ3) is 3.09. The van der Waals surface area contributed by atoms with Gasteiger partial charge in [-0.1, -0.05) is 0 Å². The molecule has 2 heterocycles. The average molecular weight is 367 g/mol. The summed E-state index contributed by atoms with van der Waals surface area (Å²) in [6, 6.07) is 3.30. The lowest BCUT2D eigenvalue weighted by Gasteiger charge is -2.35. The van der Waals surface area contributed by atoms with Crippen LogP contribution in [-0.4, -0.2) is 42.3 Å². The zero-order valence-electron chi connectivity index (χ0n) is 14.8. The SMILES string of the molecule is Cc1cc(F)ccc1S(=O)(=O)N1CCOCC1c1c(C)nn(C)c1C. The number of hydrogen-bond donors (Lipinski definition) is 0. The third-order valence-corrected chi connectivity index (χ3v) is 6.77. The van der Waals surface area contributed by atoms with Gasteiger partial charge < -0.3 is 4.74 Å². The fraction of sp³-hybridized carbons (Fsp3) is 0.471. The molecule has 0 saturated carbocycles. The van der Waals surface area contributed by atoms with Crippen molar-refractivity contribution in [2.45, 2.75) is 31.7 Å². The zero-order chi connectivity index (χ0) is 18.4. The molecule has 8 heteroatoms. The molecule has 1 aromatic heterocycles. The van der Waals surface area contributed by atoms with Gasteiger partial charge in [0.1, 0.15) is 5.82 Å². The van der Waals surface area contributed by atoms with E-state index < -0.39 is 21.9 Å². The molecule has 3 rings (SSSR count). The van der Waals surface area contributed by atoms with Crippen LogP contribution in [0.25, 0.3) is 0 Å². The smallest absolute Gasteiger partial charge is 0.244 e. The normalized spacial score (nSPS) is 19.3. The minimum absolute atomic E-state index is 0.125. The Bertz CT molecular complexity index is 908. The molecule has 0 aliphatic carbocycles. The number of hydrogen-bond acceptors (Lipinski definition) is 4. The zero-order valence-corrected chi connectivity index (χ0v) is 15.6. The molecule has 1 atom stereocenters. The van der Waals surface area contributed by atoms with Gasteiger partial charge in [0.05, 0.1) is 29.8 Å². The largest absolute Gasteiger partial charge is 0.378 e. The number of aromatic nitrogens is 2. The second kappa shape index (κ2) is 6.51. The van der Waals surface area contributed by atoms with Gasteiger partial charge in [0.15, 0.2) is 0 Å². The minimum atomic E-state index is -3.78. The maximum atomic E-state index is 13.4. The summed E-state index contributed by atoms with van der Waals surface area (Å²) in [6.07, 6.45) is 0. The molecule has 0 amide bonds. The molecule has 1 fully saturated rings. The second-order valence-corrected chi connectivity index (χ2v) is 8.18. The molecule has 1 aliphatic rings. The van der Waals surface area contributed by atoms with Crippen molar-refractivity contribution in [2.75, 3.05) is 19.8 Å². The summed E-state index contributed by atoms with van der Waals surface area (Å²) in [4.78, 5) is 0.125. The van der Waals surface area contributed by atoms with E-state index in [-0.39, 0.29) is 18.0 Å². The van der Waals surface area contributed by atoms with Gasteiger partial charge in [0.25, 0.3) is 0 Å². The van der Waals surface area contributed by atoms with Crippen molar-refractivity contribution in [3.63, 3.8) is 0 Å². The monoisotopic (exact) mass is 367 g/mol. The molecule has 2 aromatic rings. The number of aryl methyl sites for hydroxylation is 3. The van der Waals surface area contributed by atoms with Crippen LogP contribution in [0, 0.1) is 26.6 Å². The molecule has 136 valence electrons. The molecule has 0 bridgehead atoms. The van der Waals surface area contributed by atoms with Crippen molar-refractivity contribution >= 4 is 10.0 Å². The van der Waals surface area contributed by atoms with Crippen molar-refractivity contribution < 1.29 is 17.5 Å². The molecule has 6 nitrogen and oxygen atoms in total. The van der Waals surface area contributed by atoms with E-state index >= 15 is 0 Å². The van der Waals surface area contributed by atoms with Gasteiger partial charge in [-0.25, -0.2) is 12.8 Å². The predicted octanol–water partition coefficient (Wildman–Crippen LogP) is 2.25. The molecule has 0 N–H and O–H groups in total. The highest BCUT2D eigenvalue weighted by Gasteiger charge is 2.38. The van der Waals surface area contributed by atoms with Crippen molar-refractivity contribution in [2.24, 2.45) is 7.05 Å². The first-order valence-corrected chi connectivity index (χ1v) is 9.53. The van der Waals surface area contributed by atoms with E-state index in [2.05, 4.69) is 5.10 Å². The van der Waals surface area contributed by atoms with Crippen LogP contribution in [0.2, 0.25) is 0 Å². The summed E-state index contributed by atoms with van der Waals surface area (Å²) in [5.41, 5.74) is 2.95. The van der Waals surface area contributed by atoms with Crippen molar-refractivity contribution in [1.29, 1.82) is 0 Å². The van der Waals surface area contributed by atoms with Gasteiger partial charge >= 0.3 is 0 Å². The van der Waals surface area contributed by atoms with Gasteiger partial charge in [-0.2, -0.15) is 9.40 Å². The number of rotatable bonds is 3. The van der Waals surface area contributed by atoms with Crippen molar-refractivity contribution in [3.05, 3.63) is 46.5 Å². The van der Waals surface area contributed by atoms with Crippen LogP contribution in [0.1, 0.15) is 28.6 Å². The van der Waals surface area contributed by atoms with E-state index in [4.69, 9.17) is 4.74 Å². The predicted molar refractivity (Wildman–Crippen MR) is 91.3 cm³/mol. The number of halogens is 1.